The van der Waals surface area contributed by atoms with Crippen LogP contribution in [-0.4, -0.2) is 11.1 Å². The van der Waals surface area contributed by atoms with E-state index in [-0.39, 0.29) is 0 Å². The van der Waals surface area contributed by atoms with Crippen LogP contribution in [0.3, 0.4) is 0 Å². The summed E-state index contributed by atoms with van der Waals surface area (Å²) in [7, 11) is 0. The summed E-state index contributed by atoms with van der Waals surface area (Å²) in [4.78, 5) is 11.9. The number of carbonyl (C=O) groups is 1. The minimum atomic E-state index is -0.912. The monoisotopic (exact) mass is 282 g/mol. The molecule has 94 valence electrons. The Labute approximate surface area is 114 Å². The molecule has 1 aromatic carbocycles. The largest absolute Gasteiger partial charge is 0.488 e. The highest BCUT2D eigenvalue weighted by Gasteiger charge is 2.08. The fourth-order valence-electron chi connectivity index (χ4n) is 1.45. The highest BCUT2D eigenvalue weighted by atomic mass is 35.5. The first-order valence-corrected chi connectivity index (χ1v) is 6.46. The van der Waals surface area contributed by atoms with Crippen LogP contribution in [0, 0.1) is 6.92 Å². The molecule has 2 aromatic rings. The molecule has 0 fully saturated rings. The Bertz CT molecular complexity index is 577. The van der Waals surface area contributed by atoms with Crippen molar-refractivity contribution in [1.29, 1.82) is 0 Å². The third kappa shape index (κ3) is 3.03. The van der Waals surface area contributed by atoms with Gasteiger partial charge in [0.2, 0.25) is 0 Å². The van der Waals surface area contributed by atoms with Gasteiger partial charge in [-0.05, 0) is 36.8 Å². The Morgan fingerprint density at radius 2 is 2.17 bits per heavy atom. The van der Waals surface area contributed by atoms with Crippen LogP contribution in [0.2, 0.25) is 5.02 Å². The summed E-state index contributed by atoms with van der Waals surface area (Å²) in [5.41, 5.74) is 0.995. The molecule has 18 heavy (non-hydrogen) atoms. The Morgan fingerprint density at radius 1 is 1.39 bits per heavy atom. The average molecular weight is 283 g/mol. The summed E-state index contributed by atoms with van der Waals surface area (Å²) in [6, 6.07) is 8.78. The van der Waals surface area contributed by atoms with Crippen molar-refractivity contribution in [1.82, 2.24) is 0 Å². The fourth-order valence-corrected chi connectivity index (χ4v) is 2.37. The first-order chi connectivity index (χ1) is 8.56. The van der Waals surface area contributed by atoms with Crippen LogP contribution in [0.5, 0.6) is 5.75 Å². The second kappa shape index (κ2) is 5.42. The van der Waals surface area contributed by atoms with E-state index in [1.807, 2.05) is 13.0 Å². The van der Waals surface area contributed by atoms with E-state index in [0.29, 0.717) is 22.3 Å². The minimum absolute atomic E-state index is 0.316. The second-order valence-electron chi connectivity index (χ2n) is 3.77. The maximum absolute atomic E-state index is 10.7. The first-order valence-electron chi connectivity index (χ1n) is 5.27. The number of thiophene rings is 1. The normalized spacial score (nSPS) is 10.3. The lowest BCUT2D eigenvalue weighted by atomic mass is 10.2. The molecule has 5 heteroatoms. The third-order valence-corrected chi connectivity index (χ3v) is 3.67. The predicted molar refractivity (Wildman–Crippen MR) is 71.8 cm³/mol. The maximum atomic E-state index is 10.7. The molecular weight excluding hydrogens is 272 g/mol. The molecule has 0 bridgehead atoms. The molecule has 1 heterocycles. The molecule has 0 aliphatic rings. The van der Waals surface area contributed by atoms with Crippen molar-refractivity contribution in [2.45, 2.75) is 13.5 Å². The predicted octanol–water partition coefficient (Wildman–Crippen LogP) is 3.99. The van der Waals surface area contributed by atoms with Gasteiger partial charge in [0.15, 0.2) is 0 Å². The van der Waals surface area contributed by atoms with Crippen molar-refractivity contribution in [3.63, 3.8) is 0 Å². The van der Waals surface area contributed by atoms with Gasteiger partial charge in [0.05, 0.1) is 0 Å². The Balaban J connectivity index is 2.06. The van der Waals surface area contributed by atoms with Crippen molar-refractivity contribution in [2.24, 2.45) is 0 Å². The van der Waals surface area contributed by atoms with E-state index in [1.54, 1.807) is 24.3 Å². The Morgan fingerprint density at radius 3 is 2.83 bits per heavy atom. The van der Waals surface area contributed by atoms with E-state index in [1.165, 1.54) is 11.3 Å². The van der Waals surface area contributed by atoms with E-state index in [2.05, 4.69) is 0 Å². The van der Waals surface area contributed by atoms with Gasteiger partial charge in [0.1, 0.15) is 17.2 Å². The van der Waals surface area contributed by atoms with Gasteiger partial charge in [-0.15, -0.1) is 11.3 Å². The zero-order valence-electron chi connectivity index (χ0n) is 9.64. The van der Waals surface area contributed by atoms with Gasteiger partial charge in [-0.3, -0.25) is 0 Å². The Kier molecular flexibility index (Phi) is 3.89. The van der Waals surface area contributed by atoms with Gasteiger partial charge in [0.25, 0.3) is 0 Å². The zero-order chi connectivity index (χ0) is 13.1. The van der Waals surface area contributed by atoms with Crippen molar-refractivity contribution in [3.05, 3.63) is 50.7 Å². The smallest absolute Gasteiger partial charge is 0.345 e. The van der Waals surface area contributed by atoms with E-state index in [0.717, 1.165) is 10.4 Å². The molecule has 0 aliphatic carbocycles. The summed E-state index contributed by atoms with van der Waals surface area (Å²) in [6.45, 7) is 2.28. The average Bonchev–Trinajstić information content (AvgIpc) is 2.79. The third-order valence-electron chi connectivity index (χ3n) is 2.39. The molecular formula is C13H11ClO3S. The number of aromatic carboxylic acids is 1. The van der Waals surface area contributed by atoms with Crippen LogP contribution >= 0.6 is 22.9 Å². The van der Waals surface area contributed by atoms with Gasteiger partial charge < -0.3 is 9.84 Å². The zero-order valence-corrected chi connectivity index (χ0v) is 11.2. The number of carboxylic acid groups (broad SMARTS) is 1. The standard InChI is InChI=1S/C13H11ClO3S/c1-8-2-3-9(14)6-11(8)17-7-10-4-5-12(18-10)13(15)16/h2-6H,7H2,1H3,(H,15,16). The first kappa shape index (κ1) is 12.9. The molecule has 0 unspecified atom stereocenters. The van der Waals surface area contributed by atoms with Crippen molar-refractivity contribution in [3.8, 4) is 5.75 Å². The van der Waals surface area contributed by atoms with Crippen LogP contribution in [0.15, 0.2) is 30.3 Å². The maximum Gasteiger partial charge on any atom is 0.345 e. The van der Waals surface area contributed by atoms with E-state index in [4.69, 9.17) is 21.4 Å². The molecule has 0 saturated heterocycles. The van der Waals surface area contributed by atoms with Crippen LogP contribution < -0.4 is 4.74 Å². The highest BCUT2D eigenvalue weighted by molar-refractivity contribution is 7.13. The number of carboxylic acids is 1. The van der Waals surface area contributed by atoms with Crippen LogP contribution in [0.1, 0.15) is 20.1 Å². The summed E-state index contributed by atoms with van der Waals surface area (Å²) in [6.07, 6.45) is 0. The number of aryl methyl sites for hydroxylation is 1. The van der Waals surface area contributed by atoms with Crippen LogP contribution in [0.4, 0.5) is 0 Å². The van der Waals surface area contributed by atoms with Crippen LogP contribution in [0.25, 0.3) is 0 Å². The number of halogens is 1. The molecule has 1 N–H and O–H groups in total. The SMILES string of the molecule is Cc1ccc(Cl)cc1OCc1ccc(C(=O)O)s1. The van der Waals surface area contributed by atoms with Gasteiger partial charge in [0, 0.05) is 9.90 Å². The van der Waals surface area contributed by atoms with Crippen molar-refractivity contribution >= 4 is 28.9 Å². The molecule has 1 aromatic heterocycles. The lowest BCUT2D eigenvalue weighted by Crippen LogP contribution is -1.95. The van der Waals surface area contributed by atoms with Crippen molar-refractivity contribution in [2.75, 3.05) is 0 Å². The van der Waals surface area contributed by atoms with E-state index < -0.39 is 5.97 Å². The van der Waals surface area contributed by atoms with E-state index >= 15 is 0 Å². The second-order valence-corrected chi connectivity index (χ2v) is 5.37. The van der Waals surface area contributed by atoms with E-state index in [9.17, 15) is 4.79 Å². The van der Waals surface area contributed by atoms with Crippen molar-refractivity contribution < 1.29 is 14.6 Å². The lowest BCUT2D eigenvalue weighted by molar-refractivity contribution is 0.0702. The van der Waals surface area contributed by atoms with Crippen LogP contribution in [-0.2, 0) is 6.61 Å². The Hall–Kier alpha value is -1.52. The number of benzene rings is 1. The summed E-state index contributed by atoms with van der Waals surface area (Å²) in [5.74, 6) is -0.196. The summed E-state index contributed by atoms with van der Waals surface area (Å²) in [5, 5.41) is 9.43. The molecule has 3 nitrogen and oxygen atoms in total. The minimum Gasteiger partial charge on any atom is -0.488 e. The number of hydrogen-bond acceptors (Lipinski definition) is 3. The molecule has 0 atom stereocenters. The molecule has 0 radical (unpaired) electrons. The topological polar surface area (TPSA) is 46.5 Å². The number of ether oxygens (including phenoxy) is 1. The number of rotatable bonds is 4. The van der Waals surface area contributed by atoms with Gasteiger partial charge in [-0.1, -0.05) is 17.7 Å². The molecule has 0 amide bonds. The molecule has 2 rings (SSSR count). The lowest BCUT2D eigenvalue weighted by Gasteiger charge is -2.08. The summed E-state index contributed by atoms with van der Waals surface area (Å²) < 4.78 is 5.63. The van der Waals surface area contributed by atoms with Gasteiger partial charge in [-0.2, -0.15) is 0 Å². The molecule has 0 aliphatic heterocycles. The number of hydrogen-bond donors (Lipinski definition) is 1. The highest BCUT2D eigenvalue weighted by Crippen LogP contribution is 2.25. The summed E-state index contributed by atoms with van der Waals surface area (Å²) >= 11 is 7.10. The quantitative estimate of drug-likeness (QED) is 0.922. The van der Waals surface area contributed by atoms with Gasteiger partial charge >= 0.3 is 5.97 Å². The van der Waals surface area contributed by atoms with Gasteiger partial charge in [-0.25, -0.2) is 4.79 Å². The molecule has 0 saturated carbocycles. The fraction of sp³-hybridized carbons (Fsp3) is 0.154. The molecule has 0 spiro atoms.